The summed E-state index contributed by atoms with van der Waals surface area (Å²) in [7, 11) is -3.88. The third-order valence-corrected chi connectivity index (χ3v) is 5.28. The van der Waals surface area contributed by atoms with Crippen molar-refractivity contribution in [1.82, 2.24) is 4.72 Å². The maximum Gasteiger partial charge on any atom is 0.324 e. The predicted octanol–water partition coefficient (Wildman–Crippen LogP) is 2.23. The van der Waals surface area contributed by atoms with Crippen LogP contribution in [-0.4, -0.2) is 32.4 Å². The SMILES string of the molecule is Cc1ccc(S(=O)(=O)N[C@@H](C)C(=O)O[C@H](C)C(=O)Nc2ccccc2)cc1. The normalized spacial score (nSPS) is 13.4. The molecule has 2 rings (SSSR count). The van der Waals surface area contributed by atoms with Crippen molar-refractivity contribution in [2.45, 2.75) is 37.8 Å². The summed E-state index contributed by atoms with van der Waals surface area (Å²) < 4.78 is 32.0. The molecule has 144 valence electrons. The van der Waals surface area contributed by atoms with E-state index in [9.17, 15) is 18.0 Å². The Labute approximate surface area is 158 Å². The van der Waals surface area contributed by atoms with Crippen molar-refractivity contribution in [2.75, 3.05) is 5.32 Å². The molecule has 0 saturated carbocycles. The molecule has 0 aliphatic heterocycles. The molecule has 0 aromatic heterocycles. The summed E-state index contributed by atoms with van der Waals surface area (Å²) in [5.74, 6) is -1.36. The third-order valence-electron chi connectivity index (χ3n) is 3.72. The summed E-state index contributed by atoms with van der Waals surface area (Å²) in [6, 6.07) is 13.8. The van der Waals surface area contributed by atoms with Gasteiger partial charge in [0.15, 0.2) is 6.10 Å². The molecule has 0 saturated heterocycles. The van der Waals surface area contributed by atoms with E-state index in [4.69, 9.17) is 4.74 Å². The van der Waals surface area contributed by atoms with Gasteiger partial charge in [-0.05, 0) is 45.0 Å². The number of anilines is 1. The molecule has 0 fully saturated rings. The quantitative estimate of drug-likeness (QED) is 0.706. The van der Waals surface area contributed by atoms with Gasteiger partial charge in [-0.2, -0.15) is 4.72 Å². The number of carbonyl (C=O) groups excluding carboxylic acids is 2. The van der Waals surface area contributed by atoms with Gasteiger partial charge in [0, 0.05) is 5.69 Å². The number of ether oxygens (including phenoxy) is 1. The molecule has 7 nitrogen and oxygen atoms in total. The zero-order valence-electron chi connectivity index (χ0n) is 15.3. The number of hydrogen-bond acceptors (Lipinski definition) is 5. The topological polar surface area (TPSA) is 102 Å². The molecule has 0 heterocycles. The third kappa shape index (κ3) is 5.90. The smallest absolute Gasteiger partial charge is 0.324 e. The van der Waals surface area contributed by atoms with E-state index in [1.165, 1.54) is 26.0 Å². The molecule has 0 aliphatic carbocycles. The first-order chi connectivity index (χ1) is 12.7. The molecule has 2 aromatic rings. The Kier molecular flexibility index (Phi) is 6.70. The number of aryl methyl sites for hydroxylation is 1. The molecule has 0 spiro atoms. The van der Waals surface area contributed by atoms with E-state index in [0.29, 0.717) is 5.69 Å². The average molecular weight is 390 g/mol. The minimum atomic E-state index is -3.88. The fourth-order valence-corrected chi connectivity index (χ4v) is 3.35. The Morgan fingerprint density at radius 1 is 0.963 bits per heavy atom. The van der Waals surface area contributed by atoms with Gasteiger partial charge in [-0.15, -0.1) is 0 Å². The molecule has 2 atom stereocenters. The van der Waals surface area contributed by atoms with Crippen molar-refractivity contribution < 1.29 is 22.7 Å². The van der Waals surface area contributed by atoms with Gasteiger partial charge in [0.25, 0.3) is 5.91 Å². The monoisotopic (exact) mass is 390 g/mol. The van der Waals surface area contributed by atoms with Crippen LogP contribution in [0, 0.1) is 6.92 Å². The van der Waals surface area contributed by atoms with Crippen molar-refractivity contribution in [3.63, 3.8) is 0 Å². The highest BCUT2D eigenvalue weighted by Crippen LogP contribution is 2.11. The van der Waals surface area contributed by atoms with Crippen LogP contribution in [0.4, 0.5) is 5.69 Å². The first-order valence-electron chi connectivity index (χ1n) is 8.34. The number of esters is 1. The number of nitrogens with one attached hydrogen (secondary N) is 2. The Bertz CT molecular complexity index is 895. The van der Waals surface area contributed by atoms with E-state index in [2.05, 4.69) is 10.0 Å². The van der Waals surface area contributed by atoms with Gasteiger partial charge in [-0.3, -0.25) is 9.59 Å². The lowest BCUT2D eigenvalue weighted by Crippen LogP contribution is -2.42. The van der Waals surface area contributed by atoms with E-state index in [1.807, 2.05) is 6.92 Å². The van der Waals surface area contributed by atoms with E-state index >= 15 is 0 Å². The standard InChI is InChI=1S/C19H22N2O5S/c1-13-9-11-17(12-10-13)27(24,25)21-14(2)19(23)26-15(3)18(22)20-16-7-5-4-6-8-16/h4-12,14-15,21H,1-3H3,(H,20,22)/t14-,15+/m0/s1. The highest BCUT2D eigenvalue weighted by atomic mass is 32.2. The van der Waals surface area contributed by atoms with Crippen LogP contribution in [0.5, 0.6) is 0 Å². The van der Waals surface area contributed by atoms with Crippen molar-refractivity contribution in [3.8, 4) is 0 Å². The molecule has 8 heteroatoms. The van der Waals surface area contributed by atoms with Gasteiger partial charge in [0.2, 0.25) is 10.0 Å². The van der Waals surface area contributed by atoms with E-state index in [0.717, 1.165) is 5.56 Å². The second kappa shape index (κ2) is 8.79. The van der Waals surface area contributed by atoms with Crippen LogP contribution in [0.15, 0.2) is 59.5 Å². The Morgan fingerprint density at radius 2 is 1.56 bits per heavy atom. The lowest BCUT2D eigenvalue weighted by Gasteiger charge is -2.17. The number of carbonyl (C=O) groups is 2. The van der Waals surface area contributed by atoms with Crippen LogP contribution in [0.2, 0.25) is 0 Å². The summed E-state index contributed by atoms with van der Waals surface area (Å²) in [6.07, 6.45) is -1.08. The van der Waals surface area contributed by atoms with Gasteiger partial charge in [0.1, 0.15) is 6.04 Å². The predicted molar refractivity (Wildman–Crippen MR) is 102 cm³/mol. The molecule has 0 radical (unpaired) electrons. The maximum absolute atomic E-state index is 12.3. The molecule has 0 bridgehead atoms. The van der Waals surface area contributed by atoms with Gasteiger partial charge in [0.05, 0.1) is 4.90 Å². The summed E-state index contributed by atoms with van der Waals surface area (Å²) in [4.78, 5) is 24.3. The summed E-state index contributed by atoms with van der Waals surface area (Å²) >= 11 is 0. The van der Waals surface area contributed by atoms with Crippen LogP contribution in [0.25, 0.3) is 0 Å². The van der Waals surface area contributed by atoms with Crippen LogP contribution >= 0.6 is 0 Å². The summed E-state index contributed by atoms with van der Waals surface area (Å²) in [5.41, 5.74) is 1.48. The molecule has 0 aliphatic rings. The zero-order chi connectivity index (χ0) is 20.0. The summed E-state index contributed by atoms with van der Waals surface area (Å²) in [6.45, 7) is 4.61. The molecular weight excluding hydrogens is 368 g/mol. The largest absolute Gasteiger partial charge is 0.451 e. The van der Waals surface area contributed by atoms with Gasteiger partial charge < -0.3 is 10.1 Å². The Morgan fingerprint density at radius 3 is 2.15 bits per heavy atom. The number of amides is 1. The highest BCUT2D eigenvalue weighted by molar-refractivity contribution is 7.89. The summed E-state index contributed by atoms with van der Waals surface area (Å²) in [5, 5.41) is 2.61. The van der Waals surface area contributed by atoms with Crippen LogP contribution < -0.4 is 10.0 Å². The fourth-order valence-electron chi connectivity index (χ4n) is 2.16. The first-order valence-corrected chi connectivity index (χ1v) is 9.83. The Balaban J connectivity index is 1.94. The molecule has 27 heavy (non-hydrogen) atoms. The lowest BCUT2D eigenvalue weighted by molar-refractivity contribution is -0.154. The number of sulfonamides is 1. The van der Waals surface area contributed by atoms with E-state index in [-0.39, 0.29) is 4.90 Å². The van der Waals surface area contributed by atoms with Gasteiger partial charge in [-0.1, -0.05) is 35.9 Å². The van der Waals surface area contributed by atoms with E-state index < -0.39 is 34.0 Å². The first kappa shape index (κ1) is 20.6. The number of para-hydroxylation sites is 1. The van der Waals surface area contributed by atoms with Crippen LogP contribution in [-0.2, 0) is 24.3 Å². The Hall–Kier alpha value is -2.71. The molecule has 0 unspecified atom stereocenters. The minimum absolute atomic E-state index is 0.0441. The number of rotatable bonds is 7. The van der Waals surface area contributed by atoms with Crippen molar-refractivity contribution >= 4 is 27.6 Å². The second-order valence-corrected chi connectivity index (χ2v) is 7.80. The van der Waals surface area contributed by atoms with Crippen molar-refractivity contribution in [3.05, 3.63) is 60.2 Å². The highest BCUT2D eigenvalue weighted by Gasteiger charge is 2.26. The molecule has 2 aromatic carbocycles. The lowest BCUT2D eigenvalue weighted by atomic mass is 10.2. The molecular formula is C19H22N2O5S. The second-order valence-electron chi connectivity index (χ2n) is 6.09. The van der Waals surface area contributed by atoms with Gasteiger partial charge in [-0.25, -0.2) is 8.42 Å². The molecule has 2 N–H and O–H groups in total. The zero-order valence-corrected chi connectivity index (χ0v) is 16.1. The van der Waals surface area contributed by atoms with Crippen molar-refractivity contribution in [2.24, 2.45) is 0 Å². The fraction of sp³-hybridized carbons (Fsp3) is 0.263. The maximum atomic E-state index is 12.3. The number of hydrogen-bond donors (Lipinski definition) is 2. The molecule has 1 amide bonds. The average Bonchev–Trinajstić information content (AvgIpc) is 2.62. The minimum Gasteiger partial charge on any atom is -0.451 e. The van der Waals surface area contributed by atoms with E-state index in [1.54, 1.807) is 42.5 Å². The van der Waals surface area contributed by atoms with Crippen molar-refractivity contribution in [1.29, 1.82) is 0 Å². The van der Waals surface area contributed by atoms with Gasteiger partial charge >= 0.3 is 5.97 Å². The van der Waals surface area contributed by atoms with Crippen LogP contribution in [0.3, 0.4) is 0 Å². The van der Waals surface area contributed by atoms with Crippen LogP contribution in [0.1, 0.15) is 19.4 Å². The number of benzene rings is 2.